The number of carbonyl (C=O) groups is 1. The van der Waals surface area contributed by atoms with E-state index in [1.807, 2.05) is 6.08 Å². The number of aliphatic hydroxyl groups is 1. The van der Waals surface area contributed by atoms with Crippen molar-refractivity contribution in [3.63, 3.8) is 0 Å². The molecule has 0 unspecified atom stereocenters. The first-order valence-corrected chi connectivity index (χ1v) is 12.6. The van der Waals surface area contributed by atoms with Crippen LogP contribution in [-0.4, -0.2) is 17.0 Å². The van der Waals surface area contributed by atoms with Crippen LogP contribution in [0.1, 0.15) is 91.9 Å². The molecule has 30 heavy (non-hydrogen) atoms. The highest BCUT2D eigenvalue weighted by atomic mass is 16.3. The molecule has 0 saturated heterocycles. The van der Waals surface area contributed by atoms with Gasteiger partial charge in [-0.1, -0.05) is 33.3 Å². The lowest BCUT2D eigenvalue weighted by Crippen LogP contribution is -2.58. The number of aliphatic hydroxyl groups excluding tert-OH is 1. The van der Waals surface area contributed by atoms with Crippen LogP contribution in [0.15, 0.2) is 11.6 Å². The van der Waals surface area contributed by atoms with Crippen molar-refractivity contribution in [2.75, 3.05) is 0 Å². The summed E-state index contributed by atoms with van der Waals surface area (Å²) in [4.78, 5) is 12.3. The van der Waals surface area contributed by atoms with Crippen LogP contribution >= 0.6 is 0 Å². The van der Waals surface area contributed by atoms with Gasteiger partial charge in [0.2, 0.25) is 0 Å². The summed E-state index contributed by atoms with van der Waals surface area (Å²) in [5.74, 6) is 3.27. The van der Waals surface area contributed by atoms with Gasteiger partial charge in [0.05, 0.1) is 12.2 Å². The summed E-state index contributed by atoms with van der Waals surface area (Å²) < 4.78 is 0. The van der Waals surface area contributed by atoms with Crippen LogP contribution < -0.4 is 0 Å². The second kappa shape index (κ2) is 8.09. The van der Waals surface area contributed by atoms with E-state index in [0.717, 1.165) is 25.7 Å². The molecular weight excluding hydrogens is 370 g/mol. The first-order chi connectivity index (χ1) is 14.3. The first-order valence-electron chi connectivity index (χ1n) is 12.6. The molecule has 0 aromatic rings. The quantitative estimate of drug-likeness (QED) is 0.558. The van der Waals surface area contributed by atoms with Gasteiger partial charge in [-0.3, -0.25) is 4.79 Å². The Kier molecular flexibility index (Phi) is 5.95. The molecule has 4 rings (SSSR count). The molecule has 166 valence electrons. The van der Waals surface area contributed by atoms with E-state index in [-0.39, 0.29) is 23.2 Å². The van der Waals surface area contributed by atoms with Crippen LogP contribution in [0.5, 0.6) is 0 Å². The predicted molar refractivity (Wildman–Crippen MR) is 119 cm³/mol. The van der Waals surface area contributed by atoms with Crippen molar-refractivity contribution >= 4 is 5.78 Å². The van der Waals surface area contributed by atoms with Crippen LogP contribution in [-0.2, 0) is 4.79 Å². The number of hydrogen-bond donors (Lipinski definition) is 1. The lowest BCUT2D eigenvalue weighted by atomic mass is 9.43. The standard InChI is InChI=1S/C27H41NO2/c1-5-19-23-16-18(29)11-13-27(23,4)22-12-14-26(3)20(17(2)8-6-7-15-28)9-10-21(26)24(22)25(19)30/h16-17,19-22,24-25,30H,5-14H2,1-4H3/t17-,19+,20-,21+,22+,24+,25-,26-,27-/m1/s1. The summed E-state index contributed by atoms with van der Waals surface area (Å²) >= 11 is 0. The van der Waals surface area contributed by atoms with Crippen molar-refractivity contribution in [3.8, 4) is 6.07 Å². The second-order valence-corrected chi connectivity index (χ2v) is 11.5. The number of unbranched alkanes of at least 4 members (excludes halogenated alkanes) is 1. The largest absolute Gasteiger partial charge is 0.392 e. The summed E-state index contributed by atoms with van der Waals surface area (Å²) in [6.45, 7) is 9.53. The summed E-state index contributed by atoms with van der Waals surface area (Å²) in [5.41, 5.74) is 1.68. The van der Waals surface area contributed by atoms with Crippen molar-refractivity contribution in [1.29, 1.82) is 5.26 Å². The van der Waals surface area contributed by atoms with E-state index in [1.54, 1.807) is 0 Å². The first kappa shape index (κ1) is 22.1. The Morgan fingerprint density at radius 1 is 1.23 bits per heavy atom. The molecule has 3 saturated carbocycles. The normalized spacial score (nSPS) is 46.3. The van der Waals surface area contributed by atoms with Gasteiger partial charge in [-0.25, -0.2) is 0 Å². The molecule has 3 fully saturated rings. The van der Waals surface area contributed by atoms with Gasteiger partial charge in [-0.15, -0.1) is 0 Å². The van der Waals surface area contributed by atoms with Gasteiger partial charge >= 0.3 is 0 Å². The van der Waals surface area contributed by atoms with Crippen LogP contribution in [0.4, 0.5) is 0 Å². The molecule has 0 bridgehead atoms. The number of ketones is 1. The van der Waals surface area contributed by atoms with Gasteiger partial charge in [0.1, 0.15) is 0 Å². The lowest BCUT2D eigenvalue weighted by Gasteiger charge is -2.62. The van der Waals surface area contributed by atoms with Crippen molar-refractivity contribution in [1.82, 2.24) is 0 Å². The Morgan fingerprint density at radius 3 is 2.70 bits per heavy atom. The molecule has 3 heteroatoms. The predicted octanol–water partition coefficient (Wildman–Crippen LogP) is 6.07. The number of nitriles is 1. The van der Waals surface area contributed by atoms with E-state index in [1.165, 1.54) is 31.3 Å². The molecule has 0 aromatic heterocycles. The maximum absolute atomic E-state index is 12.3. The highest BCUT2D eigenvalue weighted by molar-refractivity contribution is 5.91. The van der Waals surface area contributed by atoms with Crippen LogP contribution in [0, 0.1) is 57.7 Å². The van der Waals surface area contributed by atoms with E-state index in [9.17, 15) is 9.90 Å². The monoisotopic (exact) mass is 411 g/mol. The minimum absolute atomic E-state index is 0.0936. The number of rotatable bonds is 5. The van der Waals surface area contributed by atoms with Gasteiger partial charge in [0.15, 0.2) is 5.78 Å². The highest BCUT2D eigenvalue weighted by Gasteiger charge is 2.63. The molecule has 0 spiro atoms. The Labute approximate surface area is 183 Å². The van der Waals surface area contributed by atoms with Crippen LogP contribution in [0.25, 0.3) is 0 Å². The van der Waals surface area contributed by atoms with E-state index in [2.05, 4.69) is 33.8 Å². The number of hydrogen-bond acceptors (Lipinski definition) is 3. The summed E-state index contributed by atoms with van der Waals surface area (Å²) in [7, 11) is 0. The van der Waals surface area contributed by atoms with E-state index < -0.39 is 0 Å². The summed E-state index contributed by atoms with van der Waals surface area (Å²) in [6.07, 6.45) is 12.0. The number of carbonyl (C=O) groups excluding carboxylic acids is 1. The molecule has 4 aliphatic rings. The van der Waals surface area contributed by atoms with Gasteiger partial charge in [0, 0.05) is 18.8 Å². The molecule has 1 N–H and O–H groups in total. The van der Waals surface area contributed by atoms with Gasteiger partial charge in [-0.05, 0) is 97.9 Å². The van der Waals surface area contributed by atoms with E-state index >= 15 is 0 Å². The van der Waals surface area contributed by atoms with Crippen LogP contribution in [0.3, 0.4) is 0 Å². The molecule has 3 nitrogen and oxygen atoms in total. The Balaban J connectivity index is 1.64. The van der Waals surface area contributed by atoms with Crippen molar-refractivity contribution in [3.05, 3.63) is 11.6 Å². The Hall–Kier alpha value is -1.14. The zero-order valence-corrected chi connectivity index (χ0v) is 19.5. The number of fused-ring (bicyclic) bond motifs is 5. The maximum atomic E-state index is 12.3. The van der Waals surface area contributed by atoms with Gasteiger partial charge in [-0.2, -0.15) is 5.26 Å². The van der Waals surface area contributed by atoms with Crippen LogP contribution in [0.2, 0.25) is 0 Å². The molecule has 0 radical (unpaired) electrons. The fourth-order valence-corrected chi connectivity index (χ4v) is 8.88. The zero-order chi connectivity index (χ0) is 21.7. The van der Waals surface area contributed by atoms with Crippen molar-refractivity contribution in [2.45, 2.75) is 98.0 Å². The van der Waals surface area contributed by atoms with E-state index in [4.69, 9.17) is 5.26 Å². The van der Waals surface area contributed by atoms with Gasteiger partial charge in [0.25, 0.3) is 0 Å². The topological polar surface area (TPSA) is 61.1 Å². The maximum Gasteiger partial charge on any atom is 0.155 e. The lowest BCUT2D eigenvalue weighted by molar-refractivity contribution is -0.136. The Morgan fingerprint density at radius 2 is 2.00 bits per heavy atom. The Bertz CT molecular complexity index is 750. The van der Waals surface area contributed by atoms with E-state index in [0.29, 0.717) is 47.8 Å². The third-order valence-corrected chi connectivity index (χ3v) is 10.4. The molecular formula is C27H41NO2. The summed E-state index contributed by atoms with van der Waals surface area (Å²) in [6, 6.07) is 2.31. The average molecular weight is 412 g/mol. The molecule has 0 aromatic carbocycles. The minimum atomic E-state index is -0.303. The summed E-state index contributed by atoms with van der Waals surface area (Å²) in [5, 5.41) is 20.6. The molecule has 4 aliphatic carbocycles. The third kappa shape index (κ3) is 3.21. The molecule has 0 heterocycles. The molecule has 0 amide bonds. The van der Waals surface area contributed by atoms with Gasteiger partial charge < -0.3 is 5.11 Å². The molecule has 0 aliphatic heterocycles. The number of nitrogens with zero attached hydrogens (tertiary/aromatic N) is 1. The zero-order valence-electron chi connectivity index (χ0n) is 19.5. The molecule has 9 atom stereocenters. The minimum Gasteiger partial charge on any atom is -0.392 e. The fourth-order valence-electron chi connectivity index (χ4n) is 8.88. The highest BCUT2D eigenvalue weighted by Crippen LogP contribution is 2.68. The SMILES string of the molecule is CC[C@H]1C2=CC(=O)CC[C@]2(C)[C@H]2CC[C@]3(C)[C@@H]([C@H](C)CCCC#N)CC[C@H]3[C@@H]2[C@@H]1O. The van der Waals surface area contributed by atoms with Crippen molar-refractivity contribution < 1.29 is 9.90 Å². The fraction of sp³-hybridized carbons (Fsp3) is 0.852. The van der Waals surface area contributed by atoms with Crippen molar-refractivity contribution in [2.24, 2.45) is 46.3 Å². The average Bonchev–Trinajstić information content (AvgIpc) is 3.07. The second-order valence-electron chi connectivity index (χ2n) is 11.5. The third-order valence-electron chi connectivity index (χ3n) is 10.4. The smallest absolute Gasteiger partial charge is 0.155 e.